The zero-order valence-electron chi connectivity index (χ0n) is 12.5. The Balaban J connectivity index is 1.62. The smallest absolute Gasteiger partial charge is 0.150 e. The maximum Gasteiger partial charge on any atom is 0.150 e. The average Bonchev–Trinajstić information content (AvgIpc) is 2.96. The molecule has 1 aliphatic heterocycles. The number of halogens is 1. The fourth-order valence-electron chi connectivity index (χ4n) is 2.69. The van der Waals surface area contributed by atoms with Crippen molar-refractivity contribution < 1.29 is 4.39 Å². The van der Waals surface area contributed by atoms with Gasteiger partial charge in [-0.1, -0.05) is 13.0 Å². The Labute approximate surface area is 128 Å². The number of nitrogens with zero attached hydrogens (tertiary/aromatic N) is 4. The first-order valence-electron chi connectivity index (χ1n) is 7.54. The first kappa shape index (κ1) is 14.7. The van der Waals surface area contributed by atoms with Gasteiger partial charge in [0.25, 0.3) is 0 Å². The molecule has 1 aliphatic rings. The summed E-state index contributed by atoms with van der Waals surface area (Å²) in [4.78, 5) is 4.49. The van der Waals surface area contributed by atoms with Crippen molar-refractivity contribution in [3.63, 3.8) is 0 Å². The highest BCUT2D eigenvalue weighted by Crippen LogP contribution is 2.15. The Kier molecular flexibility index (Phi) is 4.16. The van der Waals surface area contributed by atoms with Gasteiger partial charge in [-0.3, -0.25) is 0 Å². The maximum atomic E-state index is 13.9. The van der Waals surface area contributed by atoms with Crippen LogP contribution in [-0.4, -0.2) is 20.8 Å². The maximum absolute atomic E-state index is 13.9. The molecule has 3 rings (SSSR count). The van der Waals surface area contributed by atoms with Crippen molar-refractivity contribution >= 4 is 0 Å². The molecule has 0 aliphatic carbocycles. The van der Waals surface area contributed by atoms with Crippen LogP contribution in [0.5, 0.6) is 0 Å². The molecule has 6 heteroatoms. The number of aryl methyl sites for hydroxylation is 2. The largest absolute Gasteiger partial charge is 0.308 e. The van der Waals surface area contributed by atoms with Crippen molar-refractivity contribution in [3.8, 4) is 6.07 Å². The molecule has 0 fully saturated rings. The number of fused-ring (bicyclic) bond motifs is 1. The lowest BCUT2D eigenvalue weighted by atomic mass is 10.1. The van der Waals surface area contributed by atoms with Gasteiger partial charge >= 0.3 is 0 Å². The fraction of sp³-hybridized carbons (Fsp3) is 0.438. The highest BCUT2D eigenvalue weighted by Gasteiger charge is 2.21. The number of aromatic nitrogens is 3. The Hall–Kier alpha value is -2.26. The fourth-order valence-corrected chi connectivity index (χ4v) is 2.69. The van der Waals surface area contributed by atoms with Crippen molar-refractivity contribution in [2.45, 2.75) is 45.3 Å². The molecular formula is C16H18FN5. The SMILES string of the molecule is CCc1nc2n(n1)CC(NCc1ccc(C#N)cc1F)CC2. The molecule has 0 saturated heterocycles. The van der Waals surface area contributed by atoms with E-state index in [0.29, 0.717) is 17.7 Å². The summed E-state index contributed by atoms with van der Waals surface area (Å²) in [5.41, 5.74) is 0.927. The van der Waals surface area contributed by atoms with E-state index in [1.54, 1.807) is 12.1 Å². The number of hydrogen-bond donors (Lipinski definition) is 1. The van der Waals surface area contributed by atoms with Gasteiger partial charge in [-0.25, -0.2) is 14.1 Å². The molecule has 0 bridgehead atoms. The number of nitriles is 1. The van der Waals surface area contributed by atoms with E-state index in [0.717, 1.165) is 37.5 Å². The summed E-state index contributed by atoms with van der Waals surface area (Å²) >= 11 is 0. The van der Waals surface area contributed by atoms with Crippen molar-refractivity contribution in [3.05, 3.63) is 46.8 Å². The molecule has 22 heavy (non-hydrogen) atoms. The minimum Gasteiger partial charge on any atom is -0.308 e. The Bertz CT molecular complexity index is 716. The van der Waals surface area contributed by atoms with Crippen molar-refractivity contribution in [2.24, 2.45) is 0 Å². The van der Waals surface area contributed by atoms with E-state index in [1.807, 2.05) is 17.7 Å². The molecule has 0 spiro atoms. The van der Waals surface area contributed by atoms with E-state index in [-0.39, 0.29) is 11.9 Å². The summed E-state index contributed by atoms with van der Waals surface area (Å²) in [7, 11) is 0. The minimum absolute atomic E-state index is 0.258. The van der Waals surface area contributed by atoms with Crippen LogP contribution < -0.4 is 5.32 Å². The van der Waals surface area contributed by atoms with Crippen LogP contribution in [0.25, 0.3) is 0 Å². The molecule has 1 aromatic heterocycles. The zero-order valence-corrected chi connectivity index (χ0v) is 12.5. The Morgan fingerprint density at radius 1 is 1.50 bits per heavy atom. The van der Waals surface area contributed by atoms with Crippen LogP contribution >= 0.6 is 0 Å². The van der Waals surface area contributed by atoms with Gasteiger partial charge in [0, 0.05) is 31.0 Å². The second-order valence-corrected chi connectivity index (χ2v) is 5.51. The summed E-state index contributed by atoms with van der Waals surface area (Å²) in [5.74, 6) is 1.59. The molecule has 1 N–H and O–H groups in total. The van der Waals surface area contributed by atoms with E-state index in [2.05, 4.69) is 15.4 Å². The molecular weight excluding hydrogens is 281 g/mol. The molecule has 1 aromatic carbocycles. The third-order valence-corrected chi connectivity index (χ3v) is 3.98. The molecule has 0 amide bonds. The summed E-state index contributed by atoms with van der Waals surface area (Å²) in [6.45, 7) is 3.26. The van der Waals surface area contributed by atoms with Crippen molar-refractivity contribution in [1.82, 2.24) is 20.1 Å². The highest BCUT2D eigenvalue weighted by molar-refractivity contribution is 5.32. The van der Waals surface area contributed by atoms with Gasteiger partial charge in [0.15, 0.2) is 5.82 Å². The highest BCUT2D eigenvalue weighted by atomic mass is 19.1. The normalized spacial score (nSPS) is 17.0. The average molecular weight is 299 g/mol. The van der Waals surface area contributed by atoms with Crippen molar-refractivity contribution in [2.75, 3.05) is 0 Å². The third-order valence-electron chi connectivity index (χ3n) is 3.98. The van der Waals surface area contributed by atoms with E-state index < -0.39 is 0 Å². The molecule has 1 unspecified atom stereocenters. The molecule has 0 saturated carbocycles. The summed E-state index contributed by atoms with van der Waals surface area (Å²) < 4.78 is 15.8. The predicted molar refractivity (Wildman–Crippen MR) is 79.5 cm³/mol. The van der Waals surface area contributed by atoms with Crippen LogP contribution in [0.3, 0.4) is 0 Å². The Morgan fingerprint density at radius 3 is 3.09 bits per heavy atom. The van der Waals surface area contributed by atoms with Gasteiger partial charge in [-0.2, -0.15) is 10.4 Å². The minimum atomic E-state index is -0.336. The number of rotatable bonds is 4. The molecule has 1 atom stereocenters. The molecule has 5 nitrogen and oxygen atoms in total. The van der Waals surface area contributed by atoms with Crippen LogP contribution in [0.15, 0.2) is 18.2 Å². The molecule has 2 heterocycles. The van der Waals surface area contributed by atoms with E-state index in [9.17, 15) is 4.39 Å². The number of benzene rings is 1. The predicted octanol–water partition coefficient (Wildman–Crippen LogP) is 1.96. The lowest BCUT2D eigenvalue weighted by Gasteiger charge is -2.23. The first-order chi connectivity index (χ1) is 10.7. The first-order valence-corrected chi connectivity index (χ1v) is 7.54. The van der Waals surface area contributed by atoms with Gasteiger partial charge in [0.1, 0.15) is 11.6 Å². The molecule has 2 aromatic rings. The quantitative estimate of drug-likeness (QED) is 0.937. The van der Waals surface area contributed by atoms with E-state index in [4.69, 9.17) is 5.26 Å². The summed E-state index contributed by atoms with van der Waals surface area (Å²) in [6.07, 6.45) is 2.70. The van der Waals surface area contributed by atoms with Gasteiger partial charge in [0.05, 0.1) is 18.2 Å². The van der Waals surface area contributed by atoms with Crippen LogP contribution in [0, 0.1) is 17.1 Å². The monoisotopic (exact) mass is 299 g/mol. The second kappa shape index (κ2) is 6.24. The van der Waals surface area contributed by atoms with Gasteiger partial charge in [-0.15, -0.1) is 0 Å². The van der Waals surface area contributed by atoms with E-state index in [1.165, 1.54) is 6.07 Å². The molecule has 114 valence electrons. The topological polar surface area (TPSA) is 66.5 Å². The van der Waals surface area contributed by atoms with Gasteiger partial charge in [-0.05, 0) is 18.6 Å². The number of hydrogen-bond acceptors (Lipinski definition) is 4. The summed E-state index contributed by atoms with van der Waals surface area (Å²) in [5, 5.41) is 16.6. The Morgan fingerprint density at radius 2 is 2.36 bits per heavy atom. The van der Waals surface area contributed by atoms with Gasteiger partial charge in [0.2, 0.25) is 0 Å². The molecule has 0 radical (unpaired) electrons. The van der Waals surface area contributed by atoms with Crippen LogP contribution in [0.1, 0.15) is 36.1 Å². The van der Waals surface area contributed by atoms with Crippen LogP contribution in [0.2, 0.25) is 0 Å². The van der Waals surface area contributed by atoms with Crippen LogP contribution in [-0.2, 0) is 25.9 Å². The van der Waals surface area contributed by atoms with E-state index >= 15 is 0 Å². The number of nitrogens with one attached hydrogen (secondary N) is 1. The second-order valence-electron chi connectivity index (χ2n) is 5.51. The summed E-state index contributed by atoms with van der Waals surface area (Å²) in [6, 6.07) is 6.79. The van der Waals surface area contributed by atoms with Crippen molar-refractivity contribution in [1.29, 1.82) is 5.26 Å². The lowest BCUT2D eigenvalue weighted by Crippen LogP contribution is -2.37. The zero-order chi connectivity index (χ0) is 15.5. The third kappa shape index (κ3) is 3.00. The standard InChI is InChI=1S/C16H18FN5/c1-2-15-20-16-6-5-13(10-22(16)21-15)19-9-12-4-3-11(8-18)7-14(12)17/h3-4,7,13,19H,2,5-6,9-10H2,1H3. The lowest BCUT2D eigenvalue weighted by molar-refractivity contribution is 0.355. The van der Waals surface area contributed by atoms with Gasteiger partial charge < -0.3 is 5.32 Å². The van der Waals surface area contributed by atoms with Crippen LogP contribution in [0.4, 0.5) is 4.39 Å².